The number of fused-ring (bicyclic) bond motifs is 10. The minimum atomic E-state index is 0.784. The van der Waals surface area contributed by atoms with E-state index in [9.17, 15) is 0 Å². The van der Waals surface area contributed by atoms with Gasteiger partial charge in [0.05, 0.1) is 33.4 Å². The molecule has 0 aliphatic carbocycles. The Hall–Kier alpha value is -8.06. The van der Waals surface area contributed by atoms with Crippen molar-refractivity contribution in [3.05, 3.63) is 212 Å². The van der Waals surface area contributed by atoms with Gasteiger partial charge < -0.3 is 9.13 Å². The van der Waals surface area contributed by atoms with Crippen LogP contribution in [-0.4, -0.2) is 23.9 Å². The molecule has 0 fully saturated rings. The summed E-state index contributed by atoms with van der Waals surface area (Å²) in [7, 11) is 0. The molecule has 13 rings (SSSR count). The Bertz CT molecular complexity index is 3870. The molecule has 0 saturated heterocycles. The number of aromatic nitrogens is 5. The highest BCUT2D eigenvalue weighted by molar-refractivity contribution is 7.26. The highest BCUT2D eigenvalue weighted by Crippen LogP contribution is 2.45. The van der Waals surface area contributed by atoms with E-state index in [1.165, 1.54) is 52.8 Å². The van der Waals surface area contributed by atoms with Crippen molar-refractivity contribution in [3.63, 3.8) is 0 Å². The van der Waals surface area contributed by atoms with Crippen LogP contribution in [0, 0.1) is 0 Å². The second-order valence-electron chi connectivity index (χ2n) is 15.8. The second kappa shape index (κ2) is 13.7. The third kappa shape index (κ3) is 5.14. The molecule has 0 amide bonds. The van der Waals surface area contributed by atoms with Crippen molar-refractivity contribution in [3.8, 4) is 51.0 Å². The van der Waals surface area contributed by atoms with E-state index in [4.69, 9.17) is 10.2 Å². The lowest BCUT2D eigenvalue weighted by Gasteiger charge is -2.18. The normalized spacial score (nSPS) is 11.9. The summed E-state index contributed by atoms with van der Waals surface area (Å²) in [5, 5.41) is 17.3. The minimum Gasteiger partial charge on any atom is -0.309 e. The van der Waals surface area contributed by atoms with Crippen LogP contribution in [0.2, 0.25) is 0 Å². The van der Waals surface area contributed by atoms with Gasteiger partial charge >= 0.3 is 0 Å². The SMILES string of the molecule is c1ccc(-c2nnc(-c3ccc4c5ccccc5n(-c5ccccc5-c5ccccc5-n5c6ccccc6c6c7sc8ccccc8c7ccc65)c4c3)n2-c2ccccc2)cc1. The fourth-order valence-electron chi connectivity index (χ4n) is 9.72. The first-order valence-corrected chi connectivity index (χ1v) is 21.7. The molecule has 0 N–H and O–H groups in total. The summed E-state index contributed by atoms with van der Waals surface area (Å²) in [6, 6.07) is 76.2. The second-order valence-corrected chi connectivity index (χ2v) is 16.8. The molecule has 0 aliphatic heterocycles. The summed E-state index contributed by atoms with van der Waals surface area (Å²) >= 11 is 1.89. The van der Waals surface area contributed by atoms with Crippen LogP contribution >= 0.6 is 11.3 Å². The summed E-state index contributed by atoms with van der Waals surface area (Å²) in [6.45, 7) is 0. The lowest BCUT2D eigenvalue weighted by molar-refractivity contribution is 1.07. The Morgan fingerprint density at radius 1 is 0.339 bits per heavy atom. The minimum absolute atomic E-state index is 0.784. The van der Waals surface area contributed by atoms with E-state index in [2.05, 4.69) is 202 Å². The predicted octanol–water partition coefficient (Wildman–Crippen LogP) is 14.8. The molecule has 0 saturated carbocycles. The molecule has 62 heavy (non-hydrogen) atoms. The van der Waals surface area contributed by atoms with Gasteiger partial charge in [-0.15, -0.1) is 21.5 Å². The number of benzene rings is 9. The molecule has 0 aliphatic rings. The van der Waals surface area contributed by atoms with Gasteiger partial charge in [-0.3, -0.25) is 4.57 Å². The summed E-state index contributed by atoms with van der Waals surface area (Å²) < 4.78 is 9.73. The Morgan fingerprint density at radius 2 is 0.871 bits per heavy atom. The van der Waals surface area contributed by atoms with Gasteiger partial charge in [0.2, 0.25) is 0 Å². The monoisotopic (exact) mass is 809 g/mol. The van der Waals surface area contributed by atoms with Crippen LogP contribution in [0.5, 0.6) is 0 Å². The van der Waals surface area contributed by atoms with E-state index in [1.54, 1.807) is 0 Å². The first kappa shape index (κ1) is 34.8. The first-order chi connectivity index (χ1) is 30.8. The van der Waals surface area contributed by atoms with Gasteiger partial charge in [0, 0.05) is 69.7 Å². The highest BCUT2D eigenvalue weighted by Gasteiger charge is 2.23. The number of rotatable bonds is 6. The largest absolute Gasteiger partial charge is 0.309 e. The van der Waals surface area contributed by atoms with Crippen molar-refractivity contribution in [1.29, 1.82) is 0 Å². The molecule has 290 valence electrons. The van der Waals surface area contributed by atoms with E-state index in [0.717, 1.165) is 62.0 Å². The molecular formula is C56H35N5S. The van der Waals surface area contributed by atoms with E-state index in [1.807, 2.05) is 35.6 Å². The Balaban J connectivity index is 1.05. The van der Waals surface area contributed by atoms with Gasteiger partial charge in [-0.2, -0.15) is 0 Å². The van der Waals surface area contributed by atoms with Crippen LogP contribution in [0.15, 0.2) is 212 Å². The average Bonchev–Trinajstić information content (AvgIpc) is 4.11. The zero-order chi connectivity index (χ0) is 40.7. The molecule has 4 heterocycles. The summed E-state index contributed by atoms with van der Waals surface area (Å²) in [4.78, 5) is 0. The molecular weight excluding hydrogens is 775 g/mol. The predicted molar refractivity (Wildman–Crippen MR) is 259 cm³/mol. The lowest BCUT2D eigenvalue weighted by atomic mass is 10.0. The van der Waals surface area contributed by atoms with E-state index >= 15 is 0 Å². The number of hydrogen-bond donors (Lipinski definition) is 0. The first-order valence-electron chi connectivity index (χ1n) is 20.9. The van der Waals surface area contributed by atoms with Gasteiger partial charge in [-0.25, -0.2) is 0 Å². The smallest absolute Gasteiger partial charge is 0.168 e. The number of hydrogen-bond acceptors (Lipinski definition) is 3. The fraction of sp³-hybridized carbons (Fsp3) is 0. The van der Waals surface area contributed by atoms with E-state index in [0.29, 0.717) is 0 Å². The maximum Gasteiger partial charge on any atom is 0.168 e. The maximum absolute atomic E-state index is 4.89. The summed E-state index contributed by atoms with van der Waals surface area (Å²) in [6.07, 6.45) is 0. The van der Waals surface area contributed by atoms with Crippen LogP contribution in [0.25, 0.3) is 115 Å². The van der Waals surface area contributed by atoms with Crippen molar-refractivity contribution in [1.82, 2.24) is 23.9 Å². The Labute approximate surface area is 360 Å². The molecule has 13 aromatic rings. The third-order valence-corrected chi connectivity index (χ3v) is 13.6. The number of thiophene rings is 1. The third-order valence-electron chi connectivity index (χ3n) is 12.4. The Morgan fingerprint density at radius 3 is 1.61 bits per heavy atom. The van der Waals surface area contributed by atoms with Crippen molar-refractivity contribution >= 4 is 75.1 Å². The molecule has 9 aromatic carbocycles. The zero-order valence-corrected chi connectivity index (χ0v) is 34.2. The van der Waals surface area contributed by atoms with Crippen molar-refractivity contribution in [2.45, 2.75) is 0 Å². The summed E-state index contributed by atoms with van der Waals surface area (Å²) in [5.74, 6) is 1.58. The molecule has 0 spiro atoms. The topological polar surface area (TPSA) is 40.6 Å². The highest BCUT2D eigenvalue weighted by atomic mass is 32.1. The van der Waals surface area contributed by atoms with Crippen molar-refractivity contribution in [2.24, 2.45) is 0 Å². The Kier molecular flexibility index (Phi) is 7.71. The van der Waals surface area contributed by atoms with Crippen LogP contribution in [0.1, 0.15) is 0 Å². The van der Waals surface area contributed by atoms with Gasteiger partial charge in [-0.1, -0.05) is 158 Å². The van der Waals surface area contributed by atoms with E-state index in [-0.39, 0.29) is 0 Å². The number of nitrogens with zero attached hydrogens (tertiary/aromatic N) is 5. The average molecular weight is 810 g/mol. The van der Waals surface area contributed by atoms with Gasteiger partial charge in [0.25, 0.3) is 0 Å². The molecule has 0 atom stereocenters. The molecule has 0 radical (unpaired) electrons. The van der Waals surface area contributed by atoms with Gasteiger partial charge in [0.15, 0.2) is 11.6 Å². The lowest BCUT2D eigenvalue weighted by Crippen LogP contribution is -2.02. The van der Waals surface area contributed by atoms with Crippen LogP contribution < -0.4 is 0 Å². The molecule has 4 aromatic heterocycles. The van der Waals surface area contributed by atoms with Crippen molar-refractivity contribution in [2.75, 3.05) is 0 Å². The zero-order valence-electron chi connectivity index (χ0n) is 33.4. The maximum atomic E-state index is 4.89. The molecule has 0 unspecified atom stereocenters. The number of para-hydroxylation sites is 5. The fourth-order valence-corrected chi connectivity index (χ4v) is 11.0. The molecule has 6 heteroatoms. The molecule has 0 bridgehead atoms. The standard InChI is InChI=1S/C56H35N5S/c1-3-17-36(18-4-1)55-57-58-56(59(55)38-19-5-2-6-20-38)37-31-32-42-41-23-9-14-28-48(41)61(51(42)35-37)47-27-13-8-22-40(47)39-21-7-12-26-46(39)60-49-29-15-10-25-45(49)53-50(60)34-33-44-43-24-11-16-30-52(43)62-54(44)53/h1-35H. The summed E-state index contributed by atoms with van der Waals surface area (Å²) in [5.41, 5.74) is 12.2. The van der Waals surface area contributed by atoms with Gasteiger partial charge in [0.1, 0.15) is 0 Å². The van der Waals surface area contributed by atoms with E-state index < -0.39 is 0 Å². The van der Waals surface area contributed by atoms with Crippen LogP contribution in [0.4, 0.5) is 0 Å². The van der Waals surface area contributed by atoms with Gasteiger partial charge in [-0.05, 0) is 54.6 Å². The quantitative estimate of drug-likeness (QED) is 0.168. The van der Waals surface area contributed by atoms with Crippen molar-refractivity contribution < 1.29 is 0 Å². The van der Waals surface area contributed by atoms with Crippen LogP contribution in [0.3, 0.4) is 0 Å². The molecule has 5 nitrogen and oxygen atoms in total. The van der Waals surface area contributed by atoms with Crippen LogP contribution in [-0.2, 0) is 0 Å².